The minimum Gasteiger partial charge on any atom is -0.466 e. The third-order valence-electron chi connectivity index (χ3n) is 15.9. The number of benzene rings is 1. The van der Waals surface area contributed by atoms with Crippen molar-refractivity contribution in [3.05, 3.63) is 23.8 Å². The molecule has 0 aliphatic heterocycles. The number of nitrogens with two attached hydrogens (primary N) is 2. The maximum absolute atomic E-state index is 12.8. The zero-order valence-electron chi connectivity index (χ0n) is 35.7. The first-order chi connectivity index (χ1) is 26.1. The van der Waals surface area contributed by atoms with Gasteiger partial charge < -0.3 is 20.9 Å². The number of hydrogen-bond acceptors (Lipinski definition) is 5. The quantitative estimate of drug-likeness (QED) is 0.0624. The van der Waals surface area contributed by atoms with Gasteiger partial charge in [0.15, 0.2) is 0 Å². The summed E-state index contributed by atoms with van der Waals surface area (Å²) in [6.45, 7) is 11.5. The van der Waals surface area contributed by atoms with Gasteiger partial charge in [-0.2, -0.15) is 0 Å². The van der Waals surface area contributed by atoms with Gasteiger partial charge in [0, 0.05) is 24.4 Å². The molecule has 5 rings (SSSR count). The number of unbranched alkanes of at least 4 members (excludes halogenated alkanes) is 13. The SMILES string of the molecule is CCCCCCCCCCCCCCCCOC(=O)CC[C@@H](C)[C@H]1CC[C@H]2[C@@H]3CCC4CC(OCCCc5cc(N)cc(N)c5)CC[C@]4(C)[C@H]3CC[C@]12C. The summed E-state index contributed by atoms with van der Waals surface area (Å²) in [4.78, 5) is 12.8. The van der Waals surface area contributed by atoms with E-state index in [1.54, 1.807) is 0 Å². The van der Waals surface area contributed by atoms with Crippen molar-refractivity contribution in [2.24, 2.45) is 46.3 Å². The van der Waals surface area contributed by atoms with Gasteiger partial charge in [-0.05, 0) is 154 Å². The molecule has 5 heteroatoms. The van der Waals surface area contributed by atoms with Crippen molar-refractivity contribution in [1.29, 1.82) is 0 Å². The highest BCUT2D eigenvalue weighted by molar-refractivity contribution is 5.69. The van der Waals surface area contributed by atoms with Gasteiger partial charge >= 0.3 is 5.97 Å². The van der Waals surface area contributed by atoms with Crippen molar-refractivity contribution in [1.82, 2.24) is 0 Å². The van der Waals surface area contributed by atoms with Crippen molar-refractivity contribution < 1.29 is 14.3 Å². The Morgan fingerprint density at radius 1 is 0.722 bits per heavy atom. The average Bonchev–Trinajstić information content (AvgIpc) is 3.51. The van der Waals surface area contributed by atoms with E-state index < -0.39 is 0 Å². The summed E-state index contributed by atoms with van der Waals surface area (Å²) < 4.78 is 12.3. The maximum Gasteiger partial charge on any atom is 0.305 e. The molecule has 54 heavy (non-hydrogen) atoms. The number of nitrogen functional groups attached to an aromatic ring is 2. The van der Waals surface area contributed by atoms with E-state index >= 15 is 0 Å². The van der Waals surface area contributed by atoms with Crippen LogP contribution in [0.3, 0.4) is 0 Å². The molecule has 9 atom stereocenters. The Morgan fingerprint density at radius 2 is 1.33 bits per heavy atom. The highest BCUT2D eigenvalue weighted by Crippen LogP contribution is 2.68. The van der Waals surface area contributed by atoms with Crippen LogP contribution in [0.15, 0.2) is 18.2 Å². The fourth-order valence-electron chi connectivity index (χ4n) is 12.9. The van der Waals surface area contributed by atoms with Crippen LogP contribution in [0.4, 0.5) is 11.4 Å². The summed E-state index contributed by atoms with van der Waals surface area (Å²) in [5, 5.41) is 0. The molecule has 5 nitrogen and oxygen atoms in total. The van der Waals surface area contributed by atoms with Crippen molar-refractivity contribution in [3.63, 3.8) is 0 Å². The lowest BCUT2D eigenvalue weighted by Gasteiger charge is -2.61. The number of aryl methyl sites for hydroxylation is 1. The van der Waals surface area contributed by atoms with E-state index in [2.05, 4.69) is 27.7 Å². The largest absolute Gasteiger partial charge is 0.466 e. The van der Waals surface area contributed by atoms with Crippen molar-refractivity contribution in [2.45, 2.75) is 207 Å². The molecule has 0 amide bonds. The fourth-order valence-corrected chi connectivity index (χ4v) is 12.9. The molecule has 0 aromatic heterocycles. The second-order valence-electron chi connectivity index (χ2n) is 19.6. The fraction of sp³-hybridized carbons (Fsp3) is 0.857. The van der Waals surface area contributed by atoms with E-state index in [0.717, 1.165) is 73.3 Å². The van der Waals surface area contributed by atoms with Crippen molar-refractivity contribution >= 4 is 17.3 Å². The minimum absolute atomic E-state index is 0.0392. The van der Waals surface area contributed by atoms with Gasteiger partial charge in [0.05, 0.1) is 12.7 Å². The zero-order chi connectivity index (χ0) is 38.4. The number of hydrogen-bond donors (Lipinski definition) is 2. The van der Waals surface area contributed by atoms with Gasteiger partial charge in [-0.1, -0.05) is 111 Å². The third-order valence-corrected chi connectivity index (χ3v) is 15.9. The smallest absolute Gasteiger partial charge is 0.305 e. The van der Waals surface area contributed by atoms with Crippen LogP contribution >= 0.6 is 0 Å². The molecule has 4 N–H and O–H groups in total. The molecular formula is C49H84N2O3. The summed E-state index contributed by atoms with van der Waals surface area (Å²) in [6.07, 6.45) is 35.1. The van der Waals surface area contributed by atoms with Gasteiger partial charge in [0.2, 0.25) is 0 Å². The van der Waals surface area contributed by atoms with Gasteiger partial charge in [0.1, 0.15) is 0 Å². The summed E-state index contributed by atoms with van der Waals surface area (Å²) in [5.74, 6) is 4.83. The number of carbonyl (C=O) groups is 1. The number of fused-ring (bicyclic) bond motifs is 5. The Bertz CT molecular complexity index is 1230. The summed E-state index contributed by atoms with van der Waals surface area (Å²) in [5.41, 5.74) is 15.6. The molecule has 4 aliphatic rings. The maximum atomic E-state index is 12.8. The Kier molecular flexibility index (Phi) is 17.4. The average molecular weight is 749 g/mol. The summed E-state index contributed by atoms with van der Waals surface area (Å²) >= 11 is 0. The highest BCUT2D eigenvalue weighted by atomic mass is 16.5. The number of esters is 1. The minimum atomic E-state index is 0.0392. The Hall–Kier alpha value is -1.75. The lowest BCUT2D eigenvalue weighted by Crippen LogP contribution is -2.54. The Balaban J connectivity index is 0.940. The highest BCUT2D eigenvalue weighted by Gasteiger charge is 2.60. The first kappa shape index (κ1) is 43.4. The van der Waals surface area contributed by atoms with E-state index in [1.807, 2.05) is 18.2 Å². The van der Waals surface area contributed by atoms with Crippen LogP contribution in [0.2, 0.25) is 0 Å². The zero-order valence-corrected chi connectivity index (χ0v) is 35.7. The lowest BCUT2D eigenvalue weighted by molar-refractivity contribution is -0.145. The monoisotopic (exact) mass is 749 g/mol. The summed E-state index contributed by atoms with van der Waals surface area (Å²) in [6, 6.07) is 5.92. The topological polar surface area (TPSA) is 87.6 Å². The number of rotatable bonds is 24. The molecular weight excluding hydrogens is 665 g/mol. The van der Waals surface area contributed by atoms with Gasteiger partial charge in [-0.15, -0.1) is 0 Å². The molecule has 1 aromatic carbocycles. The van der Waals surface area contributed by atoms with Crippen LogP contribution in [-0.4, -0.2) is 25.3 Å². The molecule has 4 fully saturated rings. The van der Waals surface area contributed by atoms with E-state index in [0.29, 0.717) is 35.9 Å². The number of ether oxygens (including phenoxy) is 2. The predicted molar refractivity (Wildman–Crippen MR) is 228 cm³/mol. The molecule has 4 aliphatic carbocycles. The van der Waals surface area contributed by atoms with Crippen LogP contribution in [0.5, 0.6) is 0 Å². The normalized spacial score (nSPS) is 31.0. The third kappa shape index (κ3) is 11.9. The van der Waals surface area contributed by atoms with E-state index in [9.17, 15) is 4.79 Å². The van der Waals surface area contributed by atoms with Gasteiger partial charge in [0.25, 0.3) is 0 Å². The van der Waals surface area contributed by atoms with Crippen LogP contribution in [-0.2, 0) is 20.7 Å². The molecule has 0 bridgehead atoms. The second-order valence-corrected chi connectivity index (χ2v) is 19.6. The van der Waals surface area contributed by atoms with Crippen molar-refractivity contribution in [3.8, 4) is 0 Å². The van der Waals surface area contributed by atoms with Crippen molar-refractivity contribution in [2.75, 3.05) is 24.7 Å². The molecule has 0 heterocycles. The molecule has 0 radical (unpaired) electrons. The van der Waals surface area contributed by atoms with Gasteiger partial charge in [-0.25, -0.2) is 0 Å². The molecule has 0 spiro atoms. The molecule has 2 unspecified atom stereocenters. The standard InChI is InChI=1S/C49H84N2O3/c1-5-6-7-8-9-10-11-12-13-14-15-16-17-18-31-54-47(52)26-21-37(2)44-24-25-45-43-23-22-39-35-42(27-29-48(39,3)46(43)28-30-49(44,45)4)53-32-19-20-38-33-40(50)36-41(51)34-38/h33-34,36-37,39,42-46H,5-32,35,50-51H2,1-4H3/t37-,39?,42?,43+,44-,45+,46+,48+,49-/m1/s1. The Labute approximate surface area is 332 Å². The van der Waals surface area contributed by atoms with Gasteiger partial charge in [-0.3, -0.25) is 4.79 Å². The van der Waals surface area contributed by atoms with Crippen LogP contribution < -0.4 is 11.5 Å². The predicted octanol–water partition coefficient (Wildman–Crippen LogP) is 13.3. The number of carbonyl (C=O) groups excluding carboxylic acids is 1. The molecule has 308 valence electrons. The first-order valence-electron chi connectivity index (χ1n) is 23.6. The van der Waals surface area contributed by atoms with E-state index in [-0.39, 0.29) is 5.97 Å². The van der Waals surface area contributed by atoms with Crippen LogP contribution in [0.25, 0.3) is 0 Å². The molecule has 1 aromatic rings. The first-order valence-corrected chi connectivity index (χ1v) is 23.6. The molecule has 4 saturated carbocycles. The summed E-state index contributed by atoms with van der Waals surface area (Å²) in [7, 11) is 0. The van der Waals surface area contributed by atoms with E-state index in [4.69, 9.17) is 20.9 Å². The lowest BCUT2D eigenvalue weighted by atomic mass is 9.44. The van der Waals surface area contributed by atoms with Crippen LogP contribution in [0.1, 0.15) is 200 Å². The number of anilines is 2. The van der Waals surface area contributed by atoms with E-state index in [1.165, 1.54) is 147 Å². The second kappa shape index (κ2) is 21.7. The molecule has 0 saturated heterocycles. The Morgan fingerprint density at radius 3 is 2.00 bits per heavy atom. The van der Waals surface area contributed by atoms with Crippen LogP contribution in [0, 0.1) is 46.3 Å².